The average Bonchev–Trinajstić information content (AvgIpc) is 2.71. The Morgan fingerprint density at radius 3 is 1.82 bits per heavy atom. The highest BCUT2D eigenvalue weighted by Gasteiger charge is 2.53. The van der Waals surface area contributed by atoms with Crippen LogP contribution in [0, 0.1) is 0 Å². The van der Waals surface area contributed by atoms with Crippen molar-refractivity contribution < 1.29 is 57.5 Å². The van der Waals surface area contributed by atoms with Gasteiger partial charge >= 0.3 is 29.8 Å². The van der Waals surface area contributed by atoms with Gasteiger partial charge in [0.2, 0.25) is 12.4 Å². The number of aliphatic carboxylic acids is 1. The number of carboxylic acids is 1. The fourth-order valence-electron chi connectivity index (χ4n) is 3.28. The van der Waals surface area contributed by atoms with Crippen LogP contribution in [0.3, 0.4) is 0 Å². The van der Waals surface area contributed by atoms with Crippen LogP contribution in [-0.2, 0) is 54.1 Å². The number of benzene rings is 1. The van der Waals surface area contributed by atoms with Gasteiger partial charge in [0.15, 0.2) is 12.2 Å². The Balaban J connectivity index is 2.40. The second kappa shape index (κ2) is 12.0. The largest absolute Gasteiger partial charge is 0.481 e. The standard InChI is InChI=1S/C22H26O12/c1-11(23)29-10-17-19(30-12(2)24)20(31-13(3)25)21(32-14(4)26)22(34-17)33-16-7-5-15(6-8-16)9-18(27)28/h5-8,17,19-22H,9-10H2,1-4H3,(H,27,28)/t17-,19-,20+,21+,22+/m1/s1. The normalized spacial score (nSPS) is 23.8. The van der Waals surface area contributed by atoms with Crippen molar-refractivity contribution in [2.75, 3.05) is 6.61 Å². The molecule has 34 heavy (non-hydrogen) atoms. The van der Waals surface area contributed by atoms with Crippen molar-refractivity contribution in [1.29, 1.82) is 0 Å². The zero-order valence-electron chi connectivity index (χ0n) is 19.0. The van der Waals surface area contributed by atoms with Crippen molar-refractivity contribution in [1.82, 2.24) is 0 Å². The van der Waals surface area contributed by atoms with Gasteiger partial charge in [0, 0.05) is 27.7 Å². The predicted molar refractivity (Wildman–Crippen MR) is 110 cm³/mol. The molecule has 1 fully saturated rings. The van der Waals surface area contributed by atoms with Crippen LogP contribution in [-0.4, -0.2) is 72.3 Å². The van der Waals surface area contributed by atoms with Gasteiger partial charge in [-0.2, -0.15) is 0 Å². The van der Waals surface area contributed by atoms with Gasteiger partial charge in [0.1, 0.15) is 18.5 Å². The molecule has 12 heteroatoms. The minimum absolute atomic E-state index is 0.195. The Labute approximate surface area is 195 Å². The second-order valence-corrected chi connectivity index (χ2v) is 7.40. The first-order valence-corrected chi connectivity index (χ1v) is 10.2. The molecule has 186 valence electrons. The van der Waals surface area contributed by atoms with Gasteiger partial charge in [-0.05, 0) is 17.7 Å². The molecule has 0 radical (unpaired) electrons. The monoisotopic (exact) mass is 482 g/mol. The third-order valence-corrected chi connectivity index (χ3v) is 4.48. The SMILES string of the molecule is CC(=O)OC[C@H]1O[C@H](Oc2ccc(CC(=O)O)cc2)[C@@H](OC(C)=O)[C@@H](OC(C)=O)[C@@H]1OC(C)=O. The van der Waals surface area contributed by atoms with E-state index in [1.165, 1.54) is 31.2 Å². The second-order valence-electron chi connectivity index (χ2n) is 7.40. The van der Waals surface area contributed by atoms with Crippen LogP contribution in [0.15, 0.2) is 24.3 Å². The molecule has 0 saturated carbocycles. The Hall–Kier alpha value is -3.67. The van der Waals surface area contributed by atoms with E-state index in [0.29, 0.717) is 5.56 Å². The van der Waals surface area contributed by atoms with Gasteiger partial charge in [-0.25, -0.2) is 0 Å². The minimum atomic E-state index is -1.37. The van der Waals surface area contributed by atoms with Crippen molar-refractivity contribution in [3.8, 4) is 5.75 Å². The molecule has 0 aliphatic carbocycles. The van der Waals surface area contributed by atoms with Gasteiger partial charge in [0.25, 0.3) is 0 Å². The summed E-state index contributed by atoms with van der Waals surface area (Å²) in [7, 11) is 0. The highest BCUT2D eigenvalue weighted by atomic mass is 16.7. The first-order valence-electron chi connectivity index (χ1n) is 10.2. The topological polar surface area (TPSA) is 161 Å². The molecular weight excluding hydrogens is 456 g/mol. The number of carbonyl (C=O) groups excluding carboxylic acids is 4. The number of rotatable bonds is 9. The van der Waals surface area contributed by atoms with Crippen LogP contribution in [0.1, 0.15) is 33.3 Å². The van der Waals surface area contributed by atoms with Crippen molar-refractivity contribution in [2.24, 2.45) is 0 Å². The van der Waals surface area contributed by atoms with Crippen molar-refractivity contribution in [2.45, 2.75) is 64.8 Å². The first kappa shape index (κ1) is 26.6. The van der Waals surface area contributed by atoms with Gasteiger partial charge in [-0.1, -0.05) is 12.1 Å². The van der Waals surface area contributed by atoms with Crippen molar-refractivity contribution >= 4 is 29.8 Å². The maximum absolute atomic E-state index is 11.8. The number of hydrogen-bond donors (Lipinski definition) is 1. The number of carboxylic acid groups (broad SMARTS) is 1. The van der Waals surface area contributed by atoms with Gasteiger partial charge in [0.05, 0.1) is 6.42 Å². The summed E-state index contributed by atoms with van der Waals surface area (Å²) in [5.74, 6) is -3.68. The molecular formula is C22H26O12. The Kier molecular flexibility index (Phi) is 9.36. The maximum atomic E-state index is 11.8. The lowest BCUT2D eigenvalue weighted by molar-refractivity contribution is -0.288. The van der Waals surface area contributed by atoms with Crippen molar-refractivity contribution in [3.05, 3.63) is 29.8 Å². The summed E-state index contributed by atoms with van der Waals surface area (Å²) in [5.41, 5.74) is 0.515. The average molecular weight is 482 g/mol. The Morgan fingerprint density at radius 1 is 0.794 bits per heavy atom. The van der Waals surface area contributed by atoms with Crippen LogP contribution in [0.5, 0.6) is 5.75 Å². The maximum Gasteiger partial charge on any atom is 0.307 e. The molecule has 0 unspecified atom stereocenters. The number of ether oxygens (including phenoxy) is 6. The van der Waals surface area contributed by atoms with E-state index in [2.05, 4.69) is 0 Å². The van der Waals surface area contributed by atoms with E-state index < -0.39 is 60.6 Å². The molecule has 1 aromatic rings. The number of esters is 4. The minimum Gasteiger partial charge on any atom is -0.481 e. The van der Waals surface area contributed by atoms with Gasteiger partial charge in [-0.15, -0.1) is 0 Å². The smallest absolute Gasteiger partial charge is 0.307 e. The molecule has 1 aromatic carbocycles. The van der Waals surface area contributed by atoms with Gasteiger partial charge in [-0.3, -0.25) is 24.0 Å². The Bertz CT molecular complexity index is 909. The van der Waals surface area contributed by atoms with Crippen LogP contribution in [0.2, 0.25) is 0 Å². The molecule has 1 saturated heterocycles. The first-order chi connectivity index (χ1) is 16.0. The predicted octanol–water partition coefficient (Wildman–Crippen LogP) is 0.776. The highest BCUT2D eigenvalue weighted by Crippen LogP contribution is 2.31. The zero-order valence-corrected chi connectivity index (χ0v) is 19.0. The third kappa shape index (κ3) is 8.03. The van der Waals surface area contributed by atoms with Crippen LogP contribution >= 0.6 is 0 Å². The van der Waals surface area contributed by atoms with Crippen LogP contribution in [0.4, 0.5) is 0 Å². The molecule has 0 spiro atoms. The lowest BCUT2D eigenvalue weighted by atomic mass is 9.98. The van der Waals surface area contributed by atoms with E-state index in [4.69, 9.17) is 33.5 Å². The van der Waals surface area contributed by atoms with E-state index in [1.807, 2.05) is 0 Å². The van der Waals surface area contributed by atoms with E-state index in [-0.39, 0.29) is 18.8 Å². The molecule has 12 nitrogen and oxygen atoms in total. The van der Waals surface area contributed by atoms with E-state index in [9.17, 15) is 24.0 Å². The fourth-order valence-corrected chi connectivity index (χ4v) is 3.28. The summed E-state index contributed by atoms with van der Waals surface area (Å²) in [4.78, 5) is 57.6. The summed E-state index contributed by atoms with van der Waals surface area (Å²) >= 11 is 0. The third-order valence-electron chi connectivity index (χ3n) is 4.48. The van der Waals surface area contributed by atoms with Crippen LogP contribution in [0.25, 0.3) is 0 Å². The molecule has 5 atom stereocenters. The van der Waals surface area contributed by atoms with E-state index in [0.717, 1.165) is 20.8 Å². The number of carbonyl (C=O) groups is 5. The Morgan fingerprint density at radius 2 is 1.32 bits per heavy atom. The van der Waals surface area contributed by atoms with E-state index in [1.54, 1.807) is 0 Å². The zero-order chi connectivity index (χ0) is 25.4. The number of hydrogen-bond acceptors (Lipinski definition) is 11. The quantitative estimate of drug-likeness (QED) is 0.389. The molecule has 0 aromatic heterocycles. The molecule has 2 rings (SSSR count). The van der Waals surface area contributed by atoms with Crippen LogP contribution < -0.4 is 4.74 Å². The molecule has 0 amide bonds. The van der Waals surface area contributed by atoms with Crippen molar-refractivity contribution in [3.63, 3.8) is 0 Å². The molecule has 1 aliphatic heterocycles. The summed E-state index contributed by atoms with van der Waals surface area (Å²) < 4.78 is 32.6. The summed E-state index contributed by atoms with van der Waals surface area (Å²) in [6.45, 7) is 4.14. The summed E-state index contributed by atoms with van der Waals surface area (Å²) in [6.07, 6.45) is -6.71. The van der Waals surface area contributed by atoms with E-state index >= 15 is 0 Å². The summed E-state index contributed by atoms with van der Waals surface area (Å²) in [6, 6.07) is 6.00. The molecule has 0 bridgehead atoms. The van der Waals surface area contributed by atoms with Gasteiger partial charge < -0.3 is 33.5 Å². The molecule has 1 heterocycles. The summed E-state index contributed by atoms with van der Waals surface area (Å²) in [5, 5.41) is 8.91. The lowest BCUT2D eigenvalue weighted by Gasteiger charge is -2.43. The fraction of sp³-hybridized carbons (Fsp3) is 0.500. The lowest BCUT2D eigenvalue weighted by Crippen LogP contribution is -2.63. The molecule has 1 aliphatic rings. The highest BCUT2D eigenvalue weighted by molar-refractivity contribution is 5.70. The molecule has 1 N–H and O–H groups in total.